The van der Waals surface area contributed by atoms with E-state index in [0.717, 1.165) is 36.7 Å². The molecule has 0 saturated carbocycles. The van der Waals surface area contributed by atoms with Gasteiger partial charge >= 0.3 is 0 Å². The highest BCUT2D eigenvalue weighted by atomic mass is 32.2. The lowest BCUT2D eigenvalue weighted by Crippen LogP contribution is -2.28. The molecule has 0 amide bonds. The highest BCUT2D eigenvalue weighted by Crippen LogP contribution is 2.15. The second kappa shape index (κ2) is 16.9. The molecule has 0 aliphatic rings. The van der Waals surface area contributed by atoms with Crippen molar-refractivity contribution in [2.24, 2.45) is 0 Å². The number of nitrogens with zero attached hydrogens (tertiary/aromatic N) is 2. The maximum Gasteiger partial charge on any atom is 0.269 e. The van der Waals surface area contributed by atoms with Crippen LogP contribution >= 0.6 is 47.0 Å². The van der Waals surface area contributed by atoms with Gasteiger partial charge in [-0.25, -0.2) is 0 Å². The number of nitro benzene ring substituents is 1. The van der Waals surface area contributed by atoms with Crippen LogP contribution in [0.2, 0.25) is 0 Å². The van der Waals surface area contributed by atoms with Crippen LogP contribution in [0.25, 0.3) is 0 Å². The monoisotopic (exact) mass is 448 g/mol. The van der Waals surface area contributed by atoms with Crippen molar-refractivity contribution in [3.63, 3.8) is 0 Å². The minimum Gasteiger partial charge on any atom is -0.297 e. The fourth-order valence-corrected chi connectivity index (χ4v) is 6.01. The lowest BCUT2D eigenvalue weighted by atomic mass is 10.2. The first kappa shape index (κ1) is 25.0. The van der Waals surface area contributed by atoms with E-state index >= 15 is 0 Å². The summed E-state index contributed by atoms with van der Waals surface area (Å²) in [6.07, 6.45) is 0. The van der Waals surface area contributed by atoms with Crippen LogP contribution in [0, 0.1) is 10.1 Å². The van der Waals surface area contributed by atoms with Gasteiger partial charge in [-0.05, 0) is 17.1 Å². The second-order valence-corrected chi connectivity index (χ2v) is 11.1. The Kier molecular flexibility index (Phi) is 15.7. The number of hydrogen-bond acceptors (Lipinski definition) is 7. The molecule has 0 aliphatic carbocycles. The van der Waals surface area contributed by atoms with Crippen molar-refractivity contribution in [1.82, 2.24) is 4.90 Å². The Morgan fingerprint density at radius 3 is 1.74 bits per heavy atom. The molecule has 4 nitrogen and oxygen atoms in total. The fourth-order valence-electron chi connectivity index (χ4n) is 2.37. The van der Waals surface area contributed by atoms with Crippen LogP contribution in [0.4, 0.5) is 5.69 Å². The van der Waals surface area contributed by atoms with Crippen molar-refractivity contribution < 1.29 is 4.92 Å². The van der Waals surface area contributed by atoms with Crippen LogP contribution in [0.3, 0.4) is 0 Å². The Bertz CT molecular complexity index is 487. The average Bonchev–Trinajstić information content (AvgIpc) is 2.67. The highest BCUT2D eigenvalue weighted by molar-refractivity contribution is 8.03. The third-order valence-corrected chi connectivity index (χ3v) is 8.06. The Labute approximate surface area is 181 Å². The highest BCUT2D eigenvalue weighted by Gasteiger charge is 2.09. The predicted molar refractivity (Wildman–Crippen MR) is 129 cm³/mol. The lowest BCUT2D eigenvalue weighted by molar-refractivity contribution is -0.384. The number of non-ortho nitro benzene ring substituents is 1. The van der Waals surface area contributed by atoms with Gasteiger partial charge in [0.25, 0.3) is 5.69 Å². The van der Waals surface area contributed by atoms with Crippen molar-refractivity contribution in [2.45, 2.75) is 20.4 Å². The molecular weight excluding hydrogens is 416 g/mol. The Morgan fingerprint density at radius 2 is 1.30 bits per heavy atom. The van der Waals surface area contributed by atoms with E-state index in [2.05, 4.69) is 18.7 Å². The van der Waals surface area contributed by atoms with Crippen molar-refractivity contribution in [3.05, 3.63) is 39.9 Å². The number of thioether (sulfide) groups is 4. The van der Waals surface area contributed by atoms with Gasteiger partial charge in [0.2, 0.25) is 0 Å². The summed E-state index contributed by atoms with van der Waals surface area (Å²) >= 11 is 8.06. The Balaban J connectivity index is 2.41. The van der Waals surface area contributed by atoms with Crippen molar-refractivity contribution in [2.75, 3.05) is 59.1 Å². The number of benzene rings is 1. The standard InChI is InChI=1S/C19H32N2O2S4/c1-3-24-13-15-26-11-9-20(10-12-27-16-14-25-4-2)17-18-5-7-19(8-6-18)21(22)23/h5-8H,3-4,9-17H2,1-2H3. The van der Waals surface area contributed by atoms with Crippen LogP contribution in [0.1, 0.15) is 19.4 Å². The molecule has 0 atom stereocenters. The summed E-state index contributed by atoms with van der Waals surface area (Å²) < 4.78 is 0. The van der Waals surface area contributed by atoms with E-state index in [1.807, 2.05) is 59.2 Å². The van der Waals surface area contributed by atoms with Gasteiger partial charge in [0.15, 0.2) is 0 Å². The summed E-state index contributed by atoms with van der Waals surface area (Å²) in [4.78, 5) is 13.0. The van der Waals surface area contributed by atoms with Crippen LogP contribution in [-0.2, 0) is 6.54 Å². The van der Waals surface area contributed by atoms with E-state index in [-0.39, 0.29) is 10.6 Å². The fraction of sp³-hybridized carbons (Fsp3) is 0.684. The van der Waals surface area contributed by atoms with Crippen LogP contribution in [0.15, 0.2) is 24.3 Å². The van der Waals surface area contributed by atoms with Gasteiger partial charge in [0.1, 0.15) is 0 Å². The summed E-state index contributed by atoms with van der Waals surface area (Å²) in [5.41, 5.74) is 1.32. The SMILES string of the molecule is CCSCCSCCN(CCSCCSCC)Cc1ccc([N+](=O)[O-])cc1. The third kappa shape index (κ3) is 12.9. The van der Waals surface area contributed by atoms with Gasteiger partial charge in [-0.3, -0.25) is 15.0 Å². The van der Waals surface area contributed by atoms with E-state index in [4.69, 9.17) is 0 Å². The molecule has 0 spiro atoms. The maximum atomic E-state index is 10.8. The summed E-state index contributed by atoms with van der Waals surface area (Å²) in [6.45, 7) is 7.42. The van der Waals surface area contributed by atoms with E-state index < -0.39 is 0 Å². The molecule has 0 saturated heterocycles. The van der Waals surface area contributed by atoms with Gasteiger partial charge < -0.3 is 0 Å². The third-order valence-electron chi connectivity index (χ3n) is 3.81. The number of nitro groups is 1. The van der Waals surface area contributed by atoms with Crippen molar-refractivity contribution in [3.8, 4) is 0 Å². The Morgan fingerprint density at radius 1 is 0.815 bits per heavy atom. The molecule has 0 N–H and O–H groups in total. The van der Waals surface area contributed by atoms with Crippen LogP contribution < -0.4 is 0 Å². The molecule has 1 rings (SSSR count). The largest absolute Gasteiger partial charge is 0.297 e. The first-order valence-electron chi connectivity index (χ1n) is 9.44. The van der Waals surface area contributed by atoms with Gasteiger partial charge in [-0.2, -0.15) is 47.0 Å². The molecule has 27 heavy (non-hydrogen) atoms. The molecule has 0 heterocycles. The van der Waals surface area contributed by atoms with E-state index in [1.54, 1.807) is 12.1 Å². The minimum atomic E-state index is -0.336. The first-order chi connectivity index (χ1) is 13.2. The normalized spacial score (nSPS) is 11.2. The number of rotatable bonds is 17. The van der Waals surface area contributed by atoms with E-state index in [1.165, 1.54) is 34.5 Å². The molecule has 0 aliphatic heterocycles. The van der Waals surface area contributed by atoms with Crippen LogP contribution in [-0.4, -0.2) is 68.9 Å². The average molecular weight is 449 g/mol. The lowest BCUT2D eigenvalue weighted by Gasteiger charge is -2.22. The van der Waals surface area contributed by atoms with Crippen LogP contribution in [0.5, 0.6) is 0 Å². The molecule has 0 unspecified atom stereocenters. The molecule has 0 aromatic heterocycles. The number of hydrogen-bond donors (Lipinski definition) is 0. The van der Waals surface area contributed by atoms with Gasteiger partial charge in [-0.15, -0.1) is 0 Å². The molecule has 154 valence electrons. The first-order valence-corrected chi connectivity index (χ1v) is 14.1. The molecule has 0 radical (unpaired) electrons. The van der Waals surface area contributed by atoms with Gasteiger partial charge in [0, 0.05) is 66.3 Å². The minimum absolute atomic E-state index is 0.165. The molecule has 1 aromatic rings. The summed E-state index contributed by atoms with van der Waals surface area (Å²) in [6, 6.07) is 7.00. The Hall–Kier alpha value is -0.0200. The second-order valence-electron chi connectivity index (χ2n) is 5.82. The van der Waals surface area contributed by atoms with E-state index in [9.17, 15) is 10.1 Å². The van der Waals surface area contributed by atoms with Gasteiger partial charge in [-0.1, -0.05) is 26.0 Å². The summed E-state index contributed by atoms with van der Waals surface area (Å²) in [7, 11) is 0. The van der Waals surface area contributed by atoms with Crippen molar-refractivity contribution >= 4 is 52.7 Å². The van der Waals surface area contributed by atoms with Crippen molar-refractivity contribution in [1.29, 1.82) is 0 Å². The molecule has 0 fully saturated rings. The zero-order valence-electron chi connectivity index (χ0n) is 16.4. The zero-order valence-corrected chi connectivity index (χ0v) is 19.7. The predicted octanol–water partition coefficient (Wildman–Crippen LogP) is 5.37. The maximum absolute atomic E-state index is 10.8. The topological polar surface area (TPSA) is 46.4 Å². The summed E-state index contributed by atoms with van der Waals surface area (Å²) in [5, 5.41) is 10.8. The zero-order chi connectivity index (χ0) is 19.7. The summed E-state index contributed by atoms with van der Waals surface area (Å²) in [5.74, 6) is 9.57. The smallest absolute Gasteiger partial charge is 0.269 e. The molecule has 8 heteroatoms. The molecule has 1 aromatic carbocycles. The quantitative estimate of drug-likeness (QED) is 0.180. The molecule has 0 bridgehead atoms. The van der Waals surface area contributed by atoms with Gasteiger partial charge in [0.05, 0.1) is 4.92 Å². The molecular formula is C19H32N2O2S4. The van der Waals surface area contributed by atoms with E-state index in [0.29, 0.717) is 0 Å².